The minimum atomic E-state index is -3.86. The lowest BCUT2D eigenvalue weighted by molar-refractivity contribution is 0.0674. The van der Waals surface area contributed by atoms with Crippen LogP contribution in [0.3, 0.4) is 0 Å². The van der Waals surface area contributed by atoms with Crippen LogP contribution in [0.25, 0.3) is 0 Å². The van der Waals surface area contributed by atoms with E-state index in [0.29, 0.717) is 18.8 Å². The fraction of sp³-hybridized carbons (Fsp3) is 0.333. The number of likely N-dealkylation sites (tertiary alicyclic amines) is 1. The van der Waals surface area contributed by atoms with Crippen LogP contribution in [0, 0.1) is 13.8 Å². The monoisotopic (exact) mass is 444 g/mol. The normalized spacial score (nSPS) is 17.1. The Kier molecular flexibility index (Phi) is 5.66. The summed E-state index contributed by atoms with van der Waals surface area (Å²) >= 11 is 1.16. The lowest BCUT2D eigenvalue weighted by Gasteiger charge is -2.32. The summed E-state index contributed by atoms with van der Waals surface area (Å²) in [6, 6.07) is 8.68. The van der Waals surface area contributed by atoms with Crippen LogP contribution in [0.4, 0.5) is 5.69 Å². The minimum Gasteiger partial charge on any atom is -0.336 e. The molecule has 1 saturated heterocycles. The molecule has 2 aromatic heterocycles. The summed E-state index contributed by atoms with van der Waals surface area (Å²) < 4.78 is 30.4. The predicted molar refractivity (Wildman–Crippen MR) is 117 cm³/mol. The number of nitrogens with zero attached hydrogens (tertiary/aromatic N) is 3. The molecule has 3 aromatic rings. The van der Waals surface area contributed by atoms with Crippen LogP contribution in [0.2, 0.25) is 0 Å². The smallest absolute Gasteiger partial charge is 0.265 e. The molecule has 1 amide bonds. The van der Waals surface area contributed by atoms with Crippen molar-refractivity contribution in [3.63, 3.8) is 0 Å². The van der Waals surface area contributed by atoms with Crippen molar-refractivity contribution in [1.82, 2.24) is 14.7 Å². The number of aryl methyl sites for hydroxylation is 2. The minimum absolute atomic E-state index is 0.0233. The van der Waals surface area contributed by atoms with Crippen LogP contribution in [-0.2, 0) is 10.0 Å². The van der Waals surface area contributed by atoms with Gasteiger partial charge >= 0.3 is 0 Å². The molecule has 0 bridgehead atoms. The van der Waals surface area contributed by atoms with E-state index in [1.807, 2.05) is 43.1 Å². The molecular formula is C21H24N4O3S2. The first-order chi connectivity index (χ1) is 14.3. The number of anilines is 1. The molecule has 7 nitrogen and oxygen atoms in total. The van der Waals surface area contributed by atoms with Crippen LogP contribution < -0.4 is 4.72 Å². The standard InChI is InChI=1S/C21H24N4O3S2/c1-15-5-7-17(8-6-15)23-30(27,28)19-9-11-29-20(19)21(26)24-10-3-4-18(14-24)25-13-16(2)12-22-25/h5-9,11-13,18,23H,3-4,10,14H2,1-2H3. The number of piperidine rings is 1. The highest BCUT2D eigenvalue weighted by Crippen LogP contribution is 2.29. The van der Waals surface area contributed by atoms with Crippen molar-refractivity contribution in [2.24, 2.45) is 0 Å². The molecule has 0 radical (unpaired) electrons. The second-order valence-electron chi connectivity index (χ2n) is 7.63. The molecule has 1 aliphatic heterocycles. The zero-order valence-electron chi connectivity index (χ0n) is 16.9. The number of sulfonamides is 1. The fourth-order valence-corrected chi connectivity index (χ4v) is 6.08. The van der Waals surface area contributed by atoms with Crippen LogP contribution >= 0.6 is 11.3 Å². The summed E-state index contributed by atoms with van der Waals surface area (Å²) in [6.07, 6.45) is 5.58. The topological polar surface area (TPSA) is 84.3 Å². The third kappa shape index (κ3) is 4.27. The summed E-state index contributed by atoms with van der Waals surface area (Å²) in [6.45, 7) is 5.05. The van der Waals surface area contributed by atoms with Crippen molar-refractivity contribution < 1.29 is 13.2 Å². The number of aromatic nitrogens is 2. The molecule has 158 valence electrons. The molecule has 1 unspecified atom stereocenters. The summed E-state index contributed by atoms with van der Waals surface area (Å²) in [4.78, 5) is 15.2. The molecule has 0 spiro atoms. The Morgan fingerprint density at radius 2 is 1.93 bits per heavy atom. The fourth-order valence-electron chi connectivity index (χ4n) is 3.63. The number of hydrogen-bond acceptors (Lipinski definition) is 5. The van der Waals surface area contributed by atoms with E-state index in [0.717, 1.165) is 35.3 Å². The number of rotatable bonds is 5. The summed E-state index contributed by atoms with van der Waals surface area (Å²) in [5.74, 6) is -0.247. The SMILES string of the molecule is Cc1ccc(NS(=O)(=O)c2ccsc2C(=O)N2CCCC(n3cc(C)cn3)C2)cc1. The van der Waals surface area contributed by atoms with Crippen molar-refractivity contribution in [2.45, 2.75) is 37.6 Å². The zero-order valence-corrected chi connectivity index (χ0v) is 18.5. The lowest BCUT2D eigenvalue weighted by Crippen LogP contribution is -2.41. The second kappa shape index (κ2) is 8.23. The van der Waals surface area contributed by atoms with Gasteiger partial charge in [0, 0.05) is 25.0 Å². The first kappa shape index (κ1) is 20.6. The van der Waals surface area contributed by atoms with Gasteiger partial charge in [0.15, 0.2) is 0 Å². The van der Waals surface area contributed by atoms with E-state index in [1.165, 1.54) is 6.07 Å². The molecule has 9 heteroatoms. The molecule has 0 saturated carbocycles. The maximum absolute atomic E-state index is 13.2. The molecule has 1 aromatic carbocycles. The first-order valence-corrected chi connectivity index (χ1v) is 12.2. The first-order valence-electron chi connectivity index (χ1n) is 9.80. The largest absolute Gasteiger partial charge is 0.336 e. The maximum Gasteiger partial charge on any atom is 0.265 e. The Labute approximate surface area is 180 Å². The average molecular weight is 445 g/mol. The number of carbonyl (C=O) groups is 1. The Hall–Kier alpha value is -2.65. The number of hydrogen-bond donors (Lipinski definition) is 1. The Balaban J connectivity index is 1.54. The molecule has 4 rings (SSSR count). The van der Waals surface area contributed by atoms with Gasteiger partial charge in [0.25, 0.3) is 15.9 Å². The number of thiophene rings is 1. The molecule has 30 heavy (non-hydrogen) atoms. The number of amides is 1. The summed E-state index contributed by atoms with van der Waals surface area (Å²) in [7, 11) is -3.86. The number of carbonyl (C=O) groups excluding carboxylic acids is 1. The van der Waals surface area contributed by atoms with Gasteiger partial charge in [-0.1, -0.05) is 17.7 Å². The van der Waals surface area contributed by atoms with Gasteiger partial charge in [-0.3, -0.25) is 14.2 Å². The summed E-state index contributed by atoms with van der Waals surface area (Å²) in [5, 5.41) is 6.03. The van der Waals surface area contributed by atoms with Crippen LogP contribution in [0.5, 0.6) is 0 Å². The van der Waals surface area contributed by atoms with Gasteiger partial charge in [-0.15, -0.1) is 11.3 Å². The van der Waals surface area contributed by atoms with E-state index >= 15 is 0 Å². The van der Waals surface area contributed by atoms with Crippen molar-refractivity contribution in [1.29, 1.82) is 0 Å². The van der Waals surface area contributed by atoms with Crippen molar-refractivity contribution in [3.05, 3.63) is 64.1 Å². The van der Waals surface area contributed by atoms with E-state index in [2.05, 4.69) is 9.82 Å². The van der Waals surface area contributed by atoms with Gasteiger partial charge in [0.2, 0.25) is 0 Å². The summed E-state index contributed by atoms with van der Waals surface area (Å²) in [5.41, 5.74) is 2.58. The predicted octanol–water partition coefficient (Wildman–Crippen LogP) is 3.84. The number of benzene rings is 1. The van der Waals surface area contributed by atoms with Crippen molar-refractivity contribution in [3.8, 4) is 0 Å². The molecule has 1 aliphatic rings. The average Bonchev–Trinajstić information content (AvgIpc) is 3.39. The highest BCUT2D eigenvalue weighted by atomic mass is 32.2. The molecular weight excluding hydrogens is 420 g/mol. The Morgan fingerprint density at radius 1 is 1.17 bits per heavy atom. The van der Waals surface area contributed by atoms with Crippen LogP contribution in [0.1, 0.15) is 39.7 Å². The zero-order chi connectivity index (χ0) is 21.3. The molecule has 3 heterocycles. The van der Waals surface area contributed by atoms with E-state index in [1.54, 1.807) is 22.4 Å². The second-order valence-corrected chi connectivity index (χ2v) is 10.2. The quantitative estimate of drug-likeness (QED) is 0.648. The Morgan fingerprint density at radius 3 is 2.63 bits per heavy atom. The molecule has 1 fully saturated rings. The van der Waals surface area contributed by atoms with Gasteiger partial charge in [-0.2, -0.15) is 5.10 Å². The maximum atomic E-state index is 13.2. The highest BCUT2D eigenvalue weighted by molar-refractivity contribution is 7.93. The third-order valence-corrected chi connectivity index (χ3v) is 7.66. The van der Waals surface area contributed by atoms with E-state index < -0.39 is 10.0 Å². The van der Waals surface area contributed by atoms with Crippen LogP contribution in [0.15, 0.2) is 53.0 Å². The van der Waals surface area contributed by atoms with E-state index in [4.69, 9.17) is 0 Å². The van der Waals surface area contributed by atoms with E-state index in [-0.39, 0.29) is 21.7 Å². The molecule has 1 N–H and O–H groups in total. The van der Waals surface area contributed by atoms with Crippen LogP contribution in [-0.4, -0.2) is 42.1 Å². The van der Waals surface area contributed by atoms with Gasteiger partial charge in [-0.05, 0) is 55.8 Å². The lowest BCUT2D eigenvalue weighted by atomic mass is 10.1. The third-order valence-electron chi connectivity index (χ3n) is 5.21. The van der Waals surface area contributed by atoms with Gasteiger partial charge < -0.3 is 4.90 Å². The van der Waals surface area contributed by atoms with Gasteiger partial charge in [-0.25, -0.2) is 8.42 Å². The molecule has 0 aliphatic carbocycles. The molecule has 1 atom stereocenters. The van der Waals surface area contributed by atoms with Gasteiger partial charge in [0.05, 0.1) is 12.2 Å². The number of nitrogens with one attached hydrogen (secondary N) is 1. The Bertz CT molecular complexity index is 1150. The van der Waals surface area contributed by atoms with Crippen molar-refractivity contribution >= 4 is 33.0 Å². The van der Waals surface area contributed by atoms with E-state index in [9.17, 15) is 13.2 Å². The van der Waals surface area contributed by atoms with Gasteiger partial charge in [0.1, 0.15) is 9.77 Å². The highest BCUT2D eigenvalue weighted by Gasteiger charge is 2.31. The van der Waals surface area contributed by atoms with Crippen molar-refractivity contribution in [2.75, 3.05) is 17.8 Å².